The van der Waals surface area contributed by atoms with Gasteiger partial charge in [0.05, 0.1) is 52.9 Å². The predicted molar refractivity (Wildman–Crippen MR) is 67.7 cm³/mol. The number of aliphatic hydroxyl groups excluding tert-OH is 2. The quantitative estimate of drug-likeness (QED) is 0.335. The molecule has 0 rings (SSSR count). The highest BCUT2D eigenvalue weighted by Crippen LogP contribution is 2.01. The minimum Gasteiger partial charge on any atom is -0.394 e. The van der Waals surface area contributed by atoms with Crippen LogP contribution in [0.5, 0.6) is 0 Å². The average Bonchev–Trinajstić information content (AvgIpc) is 2.38. The summed E-state index contributed by atoms with van der Waals surface area (Å²) in [5, 5.41) is 17.0. The van der Waals surface area contributed by atoms with Crippen LogP contribution < -0.4 is 0 Å². The van der Waals surface area contributed by atoms with Gasteiger partial charge in [0.25, 0.3) is 0 Å². The van der Waals surface area contributed by atoms with Crippen LogP contribution in [-0.2, 0) is 23.7 Å². The summed E-state index contributed by atoms with van der Waals surface area (Å²) in [7, 11) is 0. The highest BCUT2D eigenvalue weighted by molar-refractivity contribution is 4.39. The Labute approximate surface area is 114 Å². The van der Waals surface area contributed by atoms with Crippen molar-refractivity contribution in [2.24, 2.45) is 0 Å². The van der Waals surface area contributed by atoms with Gasteiger partial charge in [-0.15, -0.1) is 0 Å². The van der Waals surface area contributed by atoms with Crippen LogP contribution in [0, 0.1) is 0 Å². The van der Waals surface area contributed by atoms with Crippen LogP contribution in [0.4, 0.5) is 0 Å². The van der Waals surface area contributed by atoms with Crippen molar-refractivity contribution in [1.29, 1.82) is 0 Å². The Kier molecular flexibility index (Phi) is 13.9. The van der Waals surface area contributed by atoms with Crippen molar-refractivity contribution in [2.45, 2.75) is 26.4 Å². The third-order valence-electron chi connectivity index (χ3n) is 2.01. The van der Waals surface area contributed by atoms with Gasteiger partial charge in [0.15, 0.2) is 12.6 Å². The molecule has 0 fully saturated rings. The summed E-state index contributed by atoms with van der Waals surface area (Å²) < 4.78 is 26.2. The number of hydrogen-bond acceptors (Lipinski definition) is 7. The van der Waals surface area contributed by atoms with Crippen molar-refractivity contribution in [1.82, 2.24) is 0 Å². The molecule has 0 aliphatic carbocycles. The van der Waals surface area contributed by atoms with Gasteiger partial charge in [0.1, 0.15) is 0 Å². The first kappa shape index (κ1) is 18.7. The van der Waals surface area contributed by atoms with Crippen LogP contribution in [0.2, 0.25) is 0 Å². The van der Waals surface area contributed by atoms with Crippen molar-refractivity contribution in [2.75, 3.05) is 52.9 Å². The van der Waals surface area contributed by atoms with E-state index in [2.05, 4.69) is 0 Å². The minimum absolute atomic E-state index is 0.00921. The fraction of sp³-hybridized carbons (Fsp3) is 1.00. The standard InChI is InChI=1S/C12H26O7/c1-11(17-9-7-15-5-3-13)19-12(2)18-10-8-16-6-4-14/h11-14H,3-10H2,1-2H3. The molecule has 0 bridgehead atoms. The maximum absolute atomic E-state index is 8.50. The lowest BCUT2D eigenvalue weighted by molar-refractivity contribution is -0.236. The van der Waals surface area contributed by atoms with E-state index in [1.165, 1.54) is 0 Å². The molecule has 0 heterocycles. The molecule has 19 heavy (non-hydrogen) atoms. The van der Waals surface area contributed by atoms with Crippen molar-refractivity contribution < 1.29 is 33.9 Å². The predicted octanol–water partition coefficient (Wildman–Crippen LogP) is -0.254. The molecule has 0 aliphatic heterocycles. The second kappa shape index (κ2) is 14.1. The normalized spacial score (nSPS) is 14.5. The summed E-state index contributed by atoms with van der Waals surface area (Å²) >= 11 is 0. The maximum atomic E-state index is 8.50. The van der Waals surface area contributed by atoms with E-state index >= 15 is 0 Å². The summed E-state index contributed by atoms with van der Waals surface area (Å²) in [6.45, 7) is 5.81. The molecule has 0 aromatic heterocycles. The number of ether oxygens (including phenoxy) is 5. The van der Waals surface area contributed by atoms with E-state index in [-0.39, 0.29) is 13.2 Å². The van der Waals surface area contributed by atoms with Crippen LogP contribution in [0.25, 0.3) is 0 Å². The minimum atomic E-state index is -0.397. The maximum Gasteiger partial charge on any atom is 0.158 e. The van der Waals surface area contributed by atoms with Gasteiger partial charge in [-0.3, -0.25) is 0 Å². The first-order valence-corrected chi connectivity index (χ1v) is 6.46. The molecule has 0 aliphatic rings. The Morgan fingerprint density at radius 1 is 0.684 bits per heavy atom. The largest absolute Gasteiger partial charge is 0.394 e. The first-order valence-electron chi connectivity index (χ1n) is 6.46. The molecule has 116 valence electrons. The van der Waals surface area contributed by atoms with Gasteiger partial charge in [-0.1, -0.05) is 0 Å². The van der Waals surface area contributed by atoms with Crippen LogP contribution in [0.15, 0.2) is 0 Å². The molecule has 7 nitrogen and oxygen atoms in total. The molecule has 2 atom stereocenters. The fourth-order valence-corrected chi connectivity index (χ4v) is 1.23. The van der Waals surface area contributed by atoms with Crippen LogP contribution in [0.3, 0.4) is 0 Å². The molecule has 0 amide bonds. The highest BCUT2D eigenvalue weighted by Gasteiger charge is 2.08. The Morgan fingerprint density at radius 3 is 1.47 bits per heavy atom. The topological polar surface area (TPSA) is 86.6 Å². The van der Waals surface area contributed by atoms with Gasteiger partial charge in [-0.05, 0) is 13.8 Å². The summed E-state index contributed by atoms with van der Waals surface area (Å²) in [4.78, 5) is 0. The van der Waals surface area contributed by atoms with Crippen LogP contribution >= 0.6 is 0 Å². The van der Waals surface area contributed by atoms with Gasteiger partial charge in [-0.25, -0.2) is 0 Å². The molecular formula is C12H26O7. The smallest absolute Gasteiger partial charge is 0.158 e. The van der Waals surface area contributed by atoms with Crippen molar-refractivity contribution in [3.63, 3.8) is 0 Å². The van der Waals surface area contributed by atoms with Gasteiger partial charge < -0.3 is 33.9 Å². The zero-order valence-corrected chi connectivity index (χ0v) is 11.7. The van der Waals surface area contributed by atoms with Gasteiger partial charge in [-0.2, -0.15) is 0 Å². The summed E-state index contributed by atoms with van der Waals surface area (Å²) in [6, 6.07) is 0. The number of rotatable bonds is 14. The second-order valence-electron chi connectivity index (χ2n) is 3.68. The highest BCUT2D eigenvalue weighted by atomic mass is 16.8. The number of aliphatic hydroxyl groups is 2. The SMILES string of the molecule is CC(OCCOCCO)OC(C)OCCOCCO. The zero-order chi connectivity index (χ0) is 14.3. The van der Waals surface area contributed by atoms with Crippen molar-refractivity contribution in [3.8, 4) is 0 Å². The molecule has 7 heteroatoms. The van der Waals surface area contributed by atoms with E-state index in [0.717, 1.165) is 0 Å². The Balaban J connectivity index is 3.34. The Morgan fingerprint density at radius 2 is 1.11 bits per heavy atom. The molecule has 0 radical (unpaired) electrons. The molecule has 0 aromatic rings. The summed E-state index contributed by atoms with van der Waals surface area (Å²) in [5.74, 6) is 0. The number of hydrogen-bond donors (Lipinski definition) is 2. The fourth-order valence-electron chi connectivity index (χ4n) is 1.23. The first-order chi connectivity index (χ1) is 9.20. The van der Waals surface area contributed by atoms with Gasteiger partial charge in [0, 0.05) is 0 Å². The third kappa shape index (κ3) is 13.9. The molecule has 0 spiro atoms. The lowest BCUT2D eigenvalue weighted by Gasteiger charge is -2.19. The van der Waals surface area contributed by atoms with E-state index in [1.807, 2.05) is 0 Å². The van der Waals surface area contributed by atoms with E-state index in [4.69, 9.17) is 33.9 Å². The zero-order valence-electron chi connectivity index (χ0n) is 11.7. The van der Waals surface area contributed by atoms with Crippen LogP contribution in [0.1, 0.15) is 13.8 Å². The third-order valence-corrected chi connectivity index (χ3v) is 2.01. The summed E-state index contributed by atoms with van der Waals surface area (Å²) in [6.07, 6.45) is -0.794. The lowest BCUT2D eigenvalue weighted by Crippen LogP contribution is -2.25. The molecule has 0 saturated heterocycles. The monoisotopic (exact) mass is 282 g/mol. The average molecular weight is 282 g/mol. The molecule has 0 saturated carbocycles. The molecule has 2 N–H and O–H groups in total. The Bertz CT molecular complexity index is 161. The van der Waals surface area contributed by atoms with Crippen molar-refractivity contribution in [3.05, 3.63) is 0 Å². The molecular weight excluding hydrogens is 256 g/mol. The van der Waals surface area contributed by atoms with Crippen molar-refractivity contribution >= 4 is 0 Å². The van der Waals surface area contributed by atoms with Gasteiger partial charge >= 0.3 is 0 Å². The second-order valence-corrected chi connectivity index (χ2v) is 3.68. The van der Waals surface area contributed by atoms with Crippen LogP contribution in [-0.4, -0.2) is 75.6 Å². The van der Waals surface area contributed by atoms with E-state index in [1.54, 1.807) is 13.8 Å². The van der Waals surface area contributed by atoms with E-state index in [0.29, 0.717) is 39.6 Å². The van der Waals surface area contributed by atoms with E-state index < -0.39 is 12.6 Å². The Hall–Kier alpha value is -0.280. The van der Waals surface area contributed by atoms with Gasteiger partial charge in [0.2, 0.25) is 0 Å². The molecule has 2 unspecified atom stereocenters. The van der Waals surface area contributed by atoms with E-state index in [9.17, 15) is 0 Å². The lowest BCUT2D eigenvalue weighted by atomic mass is 10.6. The summed E-state index contributed by atoms with van der Waals surface area (Å²) in [5.41, 5.74) is 0. The molecule has 0 aromatic carbocycles.